The number of phenols is 2. The van der Waals surface area contributed by atoms with Crippen molar-refractivity contribution in [1.82, 2.24) is 5.32 Å². The van der Waals surface area contributed by atoms with Gasteiger partial charge in [-0.1, -0.05) is 54.6 Å². The van der Waals surface area contributed by atoms with Gasteiger partial charge in [0.1, 0.15) is 30.2 Å². The van der Waals surface area contributed by atoms with Crippen molar-refractivity contribution >= 4 is 18.0 Å². The van der Waals surface area contributed by atoms with E-state index in [1.807, 2.05) is 18.2 Å². The van der Waals surface area contributed by atoms with Crippen molar-refractivity contribution < 1.29 is 39.5 Å². The van der Waals surface area contributed by atoms with Gasteiger partial charge in [-0.3, -0.25) is 4.79 Å². The molecule has 7 N–H and O–H groups in total. The van der Waals surface area contributed by atoms with Gasteiger partial charge < -0.3 is 36.2 Å². The van der Waals surface area contributed by atoms with Crippen LogP contribution in [0.25, 0.3) is 0 Å². The fraction of sp³-hybridized carbons (Fsp3) is 0.192. The third-order valence-electron chi connectivity index (χ3n) is 4.89. The van der Waals surface area contributed by atoms with Crippen LogP contribution in [0.1, 0.15) is 16.7 Å². The Balaban J connectivity index is 0.000000297. The molecule has 0 aliphatic rings. The number of ether oxygens (including phenoxy) is 1. The number of carbonyl (C=O) groups is 3. The monoisotopic (exact) mass is 496 g/mol. The van der Waals surface area contributed by atoms with Gasteiger partial charge in [0.05, 0.1) is 0 Å². The molecular weight excluding hydrogens is 468 g/mol. The number of aliphatic carboxylic acids is 2. The van der Waals surface area contributed by atoms with Crippen LogP contribution in [0, 0.1) is 0 Å². The van der Waals surface area contributed by atoms with Crippen LogP contribution >= 0.6 is 0 Å². The van der Waals surface area contributed by atoms with Crippen molar-refractivity contribution in [2.24, 2.45) is 5.73 Å². The molecule has 0 radical (unpaired) electrons. The van der Waals surface area contributed by atoms with Crippen LogP contribution in [-0.2, 0) is 33.8 Å². The van der Waals surface area contributed by atoms with Gasteiger partial charge in [-0.2, -0.15) is 0 Å². The highest BCUT2D eigenvalue weighted by atomic mass is 16.5. The normalized spacial score (nSPS) is 11.8. The number of nitrogens with two attached hydrogens (primary N) is 1. The van der Waals surface area contributed by atoms with E-state index in [1.165, 1.54) is 24.3 Å². The first-order chi connectivity index (χ1) is 17.1. The number of carboxylic acid groups (broad SMARTS) is 2. The fourth-order valence-corrected chi connectivity index (χ4v) is 2.95. The lowest BCUT2D eigenvalue weighted by Gasteiger charge is -2.14. The van der Waals surface area contributed by atoms with Crippen LogP contribution in [0.3, 0.4) is 0 Å². The number of phenolic OH excluding ortho intramolecular Hbond substituents is 2. The third kappa shape index (κ3) is 10.1. The second kappa shape index (κ2) is 14.0. The van der Waals surface area contributed by atoms with Crippen molar-refractivity contribution in [3.05, 3.63) is 95.6 Å². The van der Waals surface area contributed by atoms with Gasteiger partial charge in [0.25, 0.3) is 0 Å². The molecule has 3 aromatic rings. The number of amides is 1. The number of carboxylic acids is 2. The van der Waals surface area contributed by atoms with E-state index in [-0.39, 0.29) is 30.9 Å². The fourth-order valence-electron chi connectivity index (χ4n) is 2.95. The van der Waals surface area contributed by atoms with Gasteiger partial charge in [-0.25, -0.2) is 9.59 Å². The van der Waals surface area contributed by atoms with E-state index in [9.17, 15) is 24.6 Å². The quantitative estimate of drug-likeness (QED) is 0.260. The molecule has 0 unspecified atom stereocenters. The highest BCUT2D eigenvalue weighted by Gasteiger charge is 2.21. The Morgan fingerprint density at radius 1 is 0.722 bits per heavy atom. The van der Waals surface area contributed by atoms with Crippen molar-refractivity contribution in [1.29, 1.82) is 0 Å². The zero-order valence-corrected chi connectivity index (χ0v) is 19.3. The van der Waals surface area contributed by atoms with Gasteiger partial charge >= 0.3 is 18.0 Å². The molecule has 10 heteroatoms. The molecular formula is C26H28N2O8. The highest BCUT2D eigenvalue weighted by molar-refractivity contribution is 5.80. The van der Waals surface area contributed by atoms with E-state index in [1.54, 1.807) is 36.4 Å². The molecule has 1 amide bonds. The van der Waals surface area contributed by atoms with Crippen LogP contribution in [0.5, 0.6) is 11.5 Å². The second-order valence-electron chi connectivity index (χ2n) is 7.78. The van der Waals surface area contributed by atoms with Gasteiger partial charge in [0.15, 0.2) is 0 Å². The van der Waals surface area contributed by atoms with Crippen molar-refractivity contribution in [2.45, 2.75) is 31.5 Å². The third-order valence-corrected chi connectivity index (χ3v) is 4.89. The maximum atomic E-state index is 11.7. The van der Waals surface area contributed by atoms with Crippen LogP contribution in [0.15, 0.2) is 78.9 Å². The van der Waals surface area contributed by atoms with Gasteiger partial charge in [-0.05, 0) is 47.4 Å². The number of rotatable bonds is 9. The Hall–Kier alpha value is -4.57. The van der Waals surface area contributed by atoms with Gasteiger partial charge in [0, 0.05) is 6.42 Å². The maximum absolute atomic E-state index is 11.7. The molecule has 0 aliphatic carbocycles. The Labute approximate surface area is 207 Å². The predicted molar refractivity (Wildman–Crippen MR) is 130 cm³/mol. The summed E-state index contributed by atoms with van der Waals surface area (Å²) in [7, 11) is 0. The summed E-state index contributed by atoms with van der Waals surface area (Å²) in [5.41, 5.74) is 7.62. The summed E-state index contributed by atoms with van der Waals surface area (Å²) in [5.74, 6) is -1.92. The van der Waals surface area contributed by atoms with Crippen LogP contribution in [0.4, 0.5) is 4.79 Å². The number of hydrogen-bond acceptors (Lipinski definition) is 7. The van der Waals surface area contributed by atoms with Gasteiger partial charge in [0.2, 0.25) is 0 Å². The summed E-state index contributed by atoms with van der Waals surface area (Å²) >= 11 is 0. The number of hydrogen-bond donors (Lipinski definition) is 6. The minimum Gasteiger partial charge on any atom is -0.508 e. The van der Waals surface area contributed by atoms with Crippen LogP contribution < -0.4 is 11.1 Å². The lowest BCUT2D eigenvalue weighted by molar-refractivity contribution is -0.139. The zero-order valence-electron chi connectivity index (χ0n) is 19.3. The first-order valence-electron chi connectivity index (χ1n) is 10.9. The van der Waals surface area contributed by atoms with E-state index >= 15 is 0 Å². The van der Waals surface area contributed by atoms with Crippen molar-refractivity contribution in [2.75, 3.05) is 0 Å². The minimum atomic E-state index is -1.16. The van der Waals surface area contributed by atoms with Crippen LogP contribution in [-0.4, -0.2) is 50.5 Å². The Bertz CT molecular complexity index is 1120. The highest BCUT2D eigenvalue weighted by Crippen LogP contribution is 2.12. The summed E-state index contributed by atoms with van der Waals surface area (Å²) in [6.45, 7) is 0.0677. The van der Waals surface area contributed by atoms with Crippen LogP contribution in [0.2, 0.25) is 0 Å². The number of aromatic hydroxyl groups is 2. The van der Waals surface area contributed by atoms with E-state index in [4.69, 9.17) is 20.7 Å². The van der Waals surface area contributed by atoms with E-state index < -0.39 is 30.1 Å². The summed E-state index contributed by atoms with van der Waals surface area (Å²) < 4.78 is 5.01. The lowest BCUT2D eigenvalue weighted by Crippen LogP contribution is -2.42. The molecule has 0 saturated carbocycles. The average Bonchev–Trinajstić information content (AvgIpc) is 2.86. The lowest BCUT2D eigenvalue weighted by atomic mass is 10.1. The molecule has 0 heterocycles. The number of benzene rings is 3. The molecule has 36 heavy (non-hydrogen) atoms. The second-order valence-corrected chi connectivity index (χ2v) is 7.78. The minimum absolute atomic E-state index is 0.0677. The first kappa shape index (κ1) is 27.7. The Morgan fingerprint density at radius 2 is 1.22 bits per heavy atom. The molecule has 0 saturated heterocycles. The van der Waals surface area contributed by atoms with E-state index in [2.05, 4.69) is 5.32 Å². The van der Waals surface area contributed by atoms with E-state index in [0.717, 1.165) is 11.1 Å². The molecule has 10 nitrogen and oxygen atoms in total. The Morgan fingerprint density at radius 3 is 1.69 bits per heavy atom. The SMILES string of the molecule is N[C@@H](Cc1ccc(O)cc1)C(=O)O.O=C(N[C@@H](Cc1ccc(O)cc1)C(=O)O)OCc1ccccc1. The smallest absolute Gasteiger partial charge is 0.408 e. The molecule has 0 aromatic heterocycles. The number of nitrogens with one attached hydrogen (secondary N) is 1. The summed E-state index contributed by atoms with van der Waals surface area (Å²) in [6, 6.07) is 19.5. The van der Waals surface area contributed by atoms with E-state index in [0.29, 0.717) is 5.56 Å². The summed E-state index contributed by atoms with van der Waals surface area (Å²) in [6.07, 6.45) is -0.425. The molecule has 3 rings (SSSR count). The van der Waals surface area contributed by atoms with Crippen molar-refractivity contribution in [3.8, 4) is 11.5 Å². The molecule has 0 aliphatic heterocycles. The van der Waals surface area contributed by atoms with Gasteiger partial charge in [-0.15, -0.1) is 0 Å². The number of carbonyl (C=O) groups excluding carboxylic acids is 1. The summed E-state index contributed by atoms with van der Waals surface area (Å²) in [5, 5.41) is 38.2. The van der Waals surface area contributed by atoms with Crippen molar-refractivity contribution in [3.63, 3.8) is 0 Å². The molecule has 0 spiro atoms. The maximum Gasteiger partial charge on any atom is 0.408 e. The average molecular weight is 497 g/mol. The Kier molecular flexibility index (Phi) is 10.7. The topological polar surface area (TPSA) is 179 Å². The number of alkyl carbamates (subject to hydrolysis) is 1. The molecule has 3 aromatic carbocycles. The first-order valence-corrected chi connectivity index (χ1v) is 10.9. The molecule has 0 fully saturated rings. The predicted octanol–water partition coefficient (Wildman–Crippen LogP) is 2.66. The zero-order chi connectivity index (χ0) is 26.5. The summed E-state index contributed by atoms with van der Waals surface area (Å²) in [4.78, 5) is 33.4. The standard InChI is InChI=1S/C17H17NO5.C9H11NO3/c19-14-8-6-12(7-9-14)10-15(16(20)21)18-17(22)23-11-13-4-2-1-3-5-13;10-8(9(12)13)5-6-1-3-7(11)4-2-6/h1-9,15,19H,10-11H2,(H,18,22)(H,20,21);1-4,8,11H,5,10H2,(H,12,13)/t15-;8-/m00/s1. The molecule has 190 valence electrons. The molecule has 0 bridgehead atoms. The molecule has 2 atom stereocenters. The largest absolute Gasteiger partial charge is 0.508 e.